The Labute approximate surface area is 170 Å². The van der Waals surface area contributed by atoms with Gasteiger partial charge in [-0.15, -0.1) is 0 Å². The summed E-state index contributed by atoms with van der Waals surface area (Å²) in [5.74, 6) is -1.30. The van der Waals surface area contributed by atoms with Crippen molar-refractivity contribution in [1.82, 2.24) is 19.7 Å². The van der Waals surface area contributed by atoms with Gasteiger partial charge in [-0.3, -0.25) is 14.6 Å². The molecule has 1 amide bonds. The number of rotatable bonds is 4. The zero-order valence-corrected chi connectivity index (χ0v) is 16.1. The van der Waals surface area contributed by atoms with Gasteiger partial charge in [0.15, 0.2) is 0 Å². The van der Waals surface area contributed by atoms with E-state index < -0.39 is 11.5 Å². The molecule has 0 unspecified atom stereocenters. The first-order valence-electron chi connectivity index (χ1n) is 9.03. The van der Waals surface area contributed by atoms with Crippen molar-refractivity contribution >= 4 is 28.5 Å². The summed E-state index contributed by atoms with van der Waals surface area (Å²) in [4.78, 5) is 43.2. The summed E-state index contributed by atoms with van der Waals surface area (Å²) < 4.78 is 1.18. The number of carbonyl (C=O) groups excluding carboxylic acids is 1. The summed E-state index contributed by atoms with van der Waals surface area (Å²) in [6.45, 7) is 3.73. The number of fused-ring (bicyclic) bond motifs is 1. The highest BCUT2D eigenvalue weighted by Gasteiger charge is 2.14. The highest BCUT2D eigenvalue weighted by molar-refractivity contribution is 6.07. The Bertz CT molecular complexity index is 1350. The fraction of sp³-hybridized carbons (Fsp3) is 0.0952. The maximum Gasteiger partial charge on any atom is 0.338 e. The van der Waals surface area contributed by atoms with Crippen molar-refractivity contribution in [2.24, 2.45) is 0 Å². The van der Waals surface area contributed by atoms with Crippen LogP contribution in [0.2, 0.25) is 0 Å². The zero-order chi connectivity index (χ0) is 21.4. The minimum atomic E-state index is -1.13. The average Bonchev–Trinajstić information content (AvgIpc) is 3.19. The number of nitrogens with one attached hydrogen (secondary N) is 2. The number of nitrogens with zero attached hydrogens (tertiary/aromatic N) is 3. The zero-order valence-electron chi connectivity index (χ0n) is 16.1. The lowest BCUT2D eigenvalue weighted by atomic mass is 10.0. The van der Waals surface area contributed by atoms with E-state index >= 15 is 0 Å². The highest BCUT2D eigenvalue weighted by Crippen LogP contribution is 2.19. The third-order valence-electron chi connectivity index (χ3n) is 4.71. The molecule has 4 rings (SSSR count). The molecule has 0 atom stereocenters. The van der Waals surface area contributed by atoms with Crippen LogP contribution in [0, 0.1) is 13.8 Å². The second-order valence-corrected chi connectivity index (χ2v) is 6.82. The van der Waals surface area contributed by atoms with Gasteiger partial charge in [0.2, 0.25) is 5.95 Å². The highest BCUT2D eigenvalue weighted by atomic mass is 16.4. The largest absolute Gasteiger partial charge is 0.478 e. The average molecular weight is 403 g/mol. The molecule has 0 aliphatic heterocycles. The van der Waals surface area contributed by atoms with Crippen molar-refractivity contribution < 1.29 is 14.7 Å². The summed E-state index contributed by atoms with van der Waals surface area (Å²) in [5, 5.41) is 16.0. The summed E-state index contributed by atoms with van der Waals surface area (Å²) in [5.41, 5.74) is 2.68. The molecule has 0 aliphatic rings. The summed E-state index contributed by atoms with van der Waals surface area (Å²) in [7, 11) is 0. The molecule has 0 spiro atoms. The number of H-pyrrole nitrogens is 1. The van der Waals surface area contributed by atoms with Gasteiger partial charge >= 0.3 is 5.97 Å². The van der Waals surface area contributed by atoms with E-state index in [0.29, 0.717) is 16.8 Å². The van der Waals surface area contributed by atoms with E-state index in [2.05, 4.69) is 20.4 Å². The van der Waals surface area contributed by atoms with Crippen LogP contribution < -0.4 is 10.9 Å². The molecule has 4 aromatic rings. The topological polar surface area (TPSA) is 130 Å². The lowest BCUT2D eigenvalue weighted by Gasteiger charge is -2.11. The summed E-state index contributed by atoms with van der Waals surface area (Å²) in [6.07, 6.45) is 2.42. The monoisotopic (exact) mass is 403 g/mol. The van der Waals surface area contributed by atoms with Crippen LogP contribution in [-0.2, 0) is 0 Å². The quantitative estimate of drug-likeness (QED) is 0.480. The molecule has 0 aliphatic carbocycles. The van der Waals surface area contributed by atoms with Crippen molar-refractivity contribution in [3.8, 4) is 5.95 Å². The standard InChI is InChI=1S/C21H17N5O4/c1-11-4-3-5-12(2)17(11)19(28)23-14-6-7-16-15(8-14)18(27)25-21(24-16)26-10-13(9-22-26)20(29)30/h3-10H,1-2H3,(H,23,28)(H,29,30)(H,24,25,27). The molecular weight excluding hydrogens is 386 g/mol. The van der Waals surface area contributed by atoms with Crippen LogP contribution >= 0.6 is 0 Å². The van der Waals surface area contributed by atoms with Crippen LogP contribution in [0.5, 0.6) is 0 Å². The summed E-state index contributed by atoms with van der Waals surface area (Å²) in [6, 6.07) is 10.4. The molecule has 0 radical (unpaired) electrons. The minimum absolute atomic E-state index is 0.0256. The van der Waals surface area contributed by atoms with E-state index in [1.165, 1.54) is 17.1 Å². The Kier molecular flexibility index (Phi) is 4.63. The first kappa shape index (κ1) is 19.1. The smallest absolute Gasteiger partial charge is 0.338 e. The lowest BCUT2D eigenvalue weighted by Crippen LogP contribution is -2.16. The molecule has 9 nitrogen and oxygen atoms in total. The van der Waals surface area contributed by atoms with Crippen LogP contribution in [0.3, 0.4) is 0 Å². The number of aromatic carboxylic acids is 1. The Balaban J connectivity index is 1.68. The molecule has 3 N–H and O–H groups in total. The van der Waals surface area contributed by atoms with E-state index in [-0.39, 0.29) is 22.8 Å². The van der Waals surface area contributed by atoms with Gasteiger partial charge in [-0.2, -0.15) is 5.10 Å². The Morgan fingerprint density at radius 3 is 2.53 bits per heavy atom. The van der Waals surface area contributed by atoms with Crippen LogP contribution in [0.4, 0.5) is 5.69 Å². The van der Waals surface area contributed by atoms with Gasteiger partial charge in [0, 0.05) is 17.4 Å². The van der Waals surface area contributed by atoms with Crippen molar-refractivity contribution in [3.05, 3.63) is 81.4 Å². The summed E-state index contributed by atoms with van der Waals surface area (Å²) >= 11 is 0. The van der Waals surface area contributed by atoms with Gasteiger partial charge in [-0.25, -0.2) is 14.5 Å². The van der Waals surface area contributed by atoms with Crippen molar-refractivity contribution in [1.29, 1.82) is 0 Å². The fourth-order valence-corrected chi connectivity index (χ4v) is 3.23. The maximum atomic E-state index is 12.7. The van der Waals surface area contributed by atoms with Crippen molar-refractivity contribution in [3.63, 3.8) is 0 Å². The van der Waals surface area contributed by atoms with Crippen LogP contribution in [-0.4, -0.2) is 36.7 Å². The van der Waals surface area contributed by atoms with Gasteiger partial charge in [0.25, 0.3) is 11.5 Å². The number of aromatic nitrogens is 4. The second kappa shape index (κ2) is 7.28. The molecule has 2 aromatic carbocycles. The SMILES string of the molecule is Cc1cccc(C)c1C(=O)Nc1ccc2nc(-n3cc(C(=O)O)cn3)[nH]c(=O)c2c1. The predicted molar refractivity (Wildman–Crippen MR) is 110 cm³/mol. The fourth-order valence-electron chi connectivity index (χ4n) is 3.23. The number of carboxylic acids is 1. The van der Waals surface area contributed by atoms with E-state index in [4.69, 9.17) is 5.11 Å². The first-order valence-corrected chi connectivity index (χ1v) is 9.03. The van der Waals surface area contributed by atoms with Crippen molar-refractivity contribution in [2.75, 3.05) is 5.32 Å². The third kappa shape index (κ3) is 3.44. The Morgan fingerprint density at radius 1 is 1.13 bits per heavy atom. The molecule has 0 fully saturated rings. The van der Waals surface area contributed by atoms with E-state index in [0.717, 1.165) is 11.1 Å². The molecule has 2 aromatic heterocycles. The van der Waals surface area contributed by atoms with E-state index in [1.54, 1.807) is 18.2 Å². The number of hydrogen-bond donors (Lipinski definition) is 3. The maximum absolute atomic E-state index is 12.7. The molecule has 0 bridgehead atoms. The molecule has 2 heterocycles. The Morgan fingerprint density at radius 2 is 1.87 bits per heavy atom. The molecule has 30 heavy (non-hydrogen) atoms. The third-order valence-corrected chi connectivity index (χ3v) is 4.71. The number of aromatic amines is 1. The van der Waals surface area contributed by atoms with Gasteiger partial charge in [0.1, 0.15) is 0 Å². The minimum Gasteiger partial charge on any atom is -0.478 e. The van der Waals surface area contributed by atoms with Gasteiger partial charge < -0.3 is 10.4 Å². The van der Waals surface area contributed by atoms with Crippen molar-refractivity contribution in [2.45, 2.75) is 13.8 Å². The second-order valence-electron chi connectivity index (χ2n) is 6.82. The molecule has 9 heteroatoms. The van der Waals surface area contributed by atoms with E-state index in [9.17, 15) is 14.4 Å². The van der Waals surface area contributed by atoms with Gasteiger partial charge in [-0.1, -0.05) is 18.2 Å². The number of carboxylic acid groups (broad SMARTS) is 1. The number of hydrogen-bond acceptors (Lipinski definition) is 5. The number of carbonyl (C=O) groups is 2. The molecule has 0 saturated carbocycles. The lowest BCUT2D eigenvalue weighted by molar-refractivity contribution is 0.0696. The molecule has 0 saturated heterocycles. The number of amides is 1. The predicted octanol–water partition coefficient (Wildman–Crippen LogP) is 2.68. The van der Waals surface area contributed by atoms with Crippen LogP contribution in [0.25, 0.3) is 16.9 Å². The van der Waals surface area contributed by atoms with Crippen LogP contribution in [0.1, 0.15) is 31.8 Å². The Hall–Kier alpha value is -4.27. The number of benzene rings is 2. The normalized spacial score (nSPS) is 10.9. The van der Waals surface area contributed by atoms with E-state index in [1.807, 2.05) is 32.0 Å². The van der Waals surface area contributed by atoms with Crippen LogP contribution in [0.15, 0.2) is 53.6 Å². The van der Waals surface area contributed by atoms with Gasteiger partial charge in [0.05, 0.1) is 22.7 Å². The molecular formula is C21H17N5O4. The molecule has 150 valence electrons. The number of aryl methyl sites for hydroxylation is 2. The van der Waals surface area contributed by atoms with Gasteiger partial charge in [-0.05, 0) is 43.2 Å². The first-order chi connectivity index (χ1) is 14.3. The number of anilines is 1.